The lowest BCUT2D eigenvalue weighted by Gasteiger charge is -2.10. The Morgan fingerprint density at radius 1 is 0.905 bits per heavy atom. The lowest BCUT2D eigenvalue weighted by molar-refractivity contribution is 0.0993. The second-order valence-electron chi connectivity index (χ2n) is 4.94. The third-order valence-electron chi connectivity index (χ3n) is 3.62. The molecule has 0 spiro atoms. The maximum absolute atomic E-state index is 12.5. The quantitative estimate of drug-likeness (QED) is 0.498. The highest BCUT2D eigenvalue weighted by atomic mass is 32.2. The molecule has 104 valence electrons. The minimum absolute atomic E-state index is 0.166. The van der Waals surface area contributed by atoms with Crippen LogP contribution in [-0.4, -0.2) is 12.0 Å². The number of hydrogen-bond acceptors (Lipinski definition) is 2. The number of carbonyl (C=O) groups is 1. The molecule has 0 bridgehead atoms. The fourth-order valence-electron chi connectivity index (χ4n) is 2.60. The van der Waals surface area contributed by atoms with Crippen LogP contribution in [-0.2, 0) is 6.42 Å². The first-order valence-electron chi connectivity index (χ1n) is 6.92. The third kappa shape index (κ3) is 2.86. The number of fused-ring (bicyclic) bond motifs is 1. The zero-order valence-electron chi connectivity index (χ0n) is 11.9. The Morgan fingerprint density at radius 3 is 2.33 bits per heavy atom. The fourth-order valence-corrected chi connectivity index (χ4v) is 3.27. The van der Waals surface area contributed by atoms with Crippen molar-refractivity contribution in [2.75, 3.05) is 6.26 Å². The molecule has 1 nitrogen and oxygen atoms in total. The van der Waals surface area contributed by atoms with E-state index in [1.54, 1.807) is 11.8 Å². The van der Waals surface area contributed by atoms with Gasteiger partial charge in [0.25, 0.3) is 0 Å². The van der Waals surface area contributed by atoms with Crippen molar-refractivity contribution in [1.82, 2.24) is 0 Å². The van der Waals surface area contributed by atoms with Gasteiger partial charge in [0.2, 0.25) is 0 Å². The molecule has 3 rings (SSSR count). The summed E-state index contributed by atoms with van der Waals surface area (Å²) >= 11 is 1.72. The van der Waals surface area contributed by atoms with Gasteiger partial charge in [-0.05, 0) is 28.7 Å². The molecule has 0 amide bonds. The summed E-state index contributed by atoms with van der Waals surface area (Å²) in [6.45, 7) is 0. The number of thioether (sulfide) groups is 1. The minimum Gasteiger partial charge on any atom is -0.294 e. The number of benzene rings is 3. The Hall–Kier alpha value is -2.06. The Bertz CT molecular complexity index is 773. The average Bonchev–Trinajstić information content (AvgIpc) is 2.55. The lowest BCUT2D eigenvalue weighted by Crippen LogP contribution is -2.04. The molecule has 0 fully saturated rings. The van der Waals surface area contributed by atoms with E-state index in [2.05, 4.69) is 36.6 Å². The standard InChI is InChI=1S/C19H16OS/c1-21-18-12-6-10-15-9-5-11-16(19(15)18)13-17(20)14-7-3-2-4-8-14/h2-12H,13H2,1H3. The fraction of sp³-hybridized carbons (Fsp3) is 0.105. The molecule has 0 heterocycles. The van der Waals surface area contributed by atoms with Crippen LogP contribution < -0.4 is 0 Å². The highest BCUT2D eigenvalue weighted by Crippen LogP contribution is 2.30. The van der Waals surface area contributed by atoms with Crippen LogP contribution >= 0.6 is 11.8 Å². The van der Waals surface area contributed by atoms with Crippen molar-refractivity contribution in [2.45, 2.75) is 11.3 Å². The molecular formula is C19H16OS. The van der Waals surface area contributed by atoms with Crippen LogP contribution in [0.1, 0.15) is 15.9 Å². The van der Waals surface area contributed by atoms with Crippen LogP contribution in [0.25, 0.3) is 10.8 Å². The molecule has 0 saturated carbocycles. The molecular weight excluding hydrogens is 276 g/mol. The van der Waals surface area contributed by atoms with Crippen LogP contribution in [0.5, 0.6) is 0 Å². The molecule has 21 heavy (non-hydrogen) atoms. The molecule has 0 aliphatic heterocycles. The molecule has 0 unspecified atom stereocenters. The van der Waals surface area contributed by atoms with Crippen molar-refractivity contribution in [3.63, 3.8) is 0 Å². The SMILES string of the molecule is CSc1cccc2cccc(CC(=O)c3ccccc3)c12. The van der Waals surface area contributed by atoms with Gasteiger partial charge < -0.3 is 0 Å². The first-order chi connectivity index (χ1) is 10.3. The van der Waals surface area contributed by atoms with Crippen molar-refractivity contribution in [1.29, 1.82) is 0 Å². The van der Waals surface area contributed by atoms with Gasteiger partial charge in [0.15, 0.2) is 5.78 Å². The maximum Gasteiger partial charge on any atom is 0.167 e. The highest BCUT2D eigenvalue weighted by molar-refractivity contribution is 7.98. The summed E-state index contributed by atoms with van der Waals surface area (Å²) < 4.78 is 0. The summed E-state index contributed by atoms with van der Waals surface area (Å²) in [7, 11) is 0. The number of hydrogen-bond donors (Lipinski definition) is 0. The predicted molar refractivity (Wildman–Crippen MR) is 90.2 cm³/mol. The molecule has 0 N–H and O–H groups in total. The van der Waals surface area contributed by atoms with Gasteiger partial charge in [-0.25, -0.2) is 0 Å². The second kappa shape index (κ2) is 6.15. The van der Waals surface area contributed by atoms with E-state index in [4.69, 9.17) is 0 Å². The Balaban J connectivity index is 2.03. The third-order valence-corrected chi connectivity index (χ3v) is 4.40. The van der Waals surface area contributed by atoms with E-state index in [0.717, 1.165) is 11.1 Å². The summed E-state index contributed by atoms with van der Waals surface area (Å²) in [5, 5.41) is 2.40. The van der Waals surface area contributed by atoms with E-state index in [1.165, 1.54) is 15.7 Å². The van der Waals surface area contributed by atoms with Crippen LogP contribution in [0.15, 0.2) is 71.6 Å². The van der Waals surface area contributed by atoms with Gasteiger partial charge in [-0.1, -0.05) is 60.7 Å². The van der Waals surface area contributed by atoms with Crippen molar-refractivity contribution >= 4 is 28.3 Å². The molecule has 0 aliphatic rings. The molecule has 3 aromatic carbocycles. The van der Waals surface area contributed by atoms with Gasteiger partial charge in [0.1, 0.15) is 0 Å². The topological polar surface area (TPSA) is 17.1 Å². The van der Waals surface area contributed by atoms with Gasteiger partial charge in [0.05, 0.1) is 0 Å². The Labute approximate surface area is 129 Å². The maximum atomic E-state index is 12.5. The van der Waals surface area contributed by atoms with Gasteiger partial charge in [0, 0.05) is 16.9 Å². The van der Waals surface area contributed by atoms with E-state index < -0.39 is 0 Å². The zero-order chi connectivity index (χ0) is 14.7. The van der Waals surface area contributed by atoms with Crippen molar-refractivity contribution in [3.05, 3.63) is 77.9 Å². The van der Waals surface area contributed by atoms with Crippen LogP contribution in [0.2, 0.25) is 0 Å². The number of carbonyl (C=O) groups excluding carboxylic acids is 1. The highest BCUT2D eigenvalue weighted by Gasteiger charge is 2.11. The van der Waals surface area contributed by atoms with E-state index in [0.29, 0.717) is 6.42 Å². The summed E-state index contributed by atoms with van der Waals surface area (Å²) in [4.78, 5) is 13.7. The van der Waals surface area contributed by atoms with Crippen molar-refractivity contribution < 1.29 is 4.79 Å². The van der Waals surface area contributed by atoms with Crippen molar-refractivity contribution in [2.24, 2.45) is 0 Å². The van der Waals surface area contributed by atoms with Gasteiger partial charge in [-0.2, -0.15) is 0 Å². The zero-order valence-corrected chi connectivity index (χ0v) is 12.7. The van der Waals surface area contributed by atoms with E-state index in [-0.39, 0.29) is 5.78 Å². The van der Waals surface area contributed by atoms with Gasteiger partial charge in [-0.3, -0.25) is 4.79 Å². The summed E-state index contributed by atoms with van der Waals surface area (Å²) in [5.41, 5.74) is 1.88. The molecule has 0 saturated heterocycles. The largest absolute Gasteiger partial charge is 0.294 e. The van der Waals surface area contributed by atoms with E-state index in [9.17, 15) is 4.79 Å². The normalized spacial score (nSPS) is 10.7. The Morgan fingerprint density at radius 2 is 1.62 bits per heavy atom. The van der Waals surface area contributed by atoms with E-state index >= 15 is 0 Å². The molecule has 0 radical (unpaired) electrons. The first-order valence-corrected chi connectivity index (χ1v) is 8.15. The van der Waals surface area contributed by atoms with Gasteiger partial charge >= 0.3 is 0 Å². The number of ketones is 1. The molecule has 3 aromatic rings. The predicted octanol–water partition coefficient (Wildman–Crippen LogP) is 4.99. The lowest BCUT2D eigenvalue weighted by atomic mass is 9.98. The second-order valence-corrected chi connectivity index (χ2v) is 5.79. The monoisotopic (exact) mass is 292 g/mol. The Kier molecular flexibility index (Phi) is 4.07. The first kappa shape index (κ1) is 13.9. The summed E-state index contributed by atoms with van der Waals surface area (Å²) in [6.07, 6.45) is 2.52. The van der Waals surface area contributed by atoms with Crippen molar-refractivity contribution in [3.8, 4) is 0 Å². The van der Waals surface area contributed by atoms with Crippen LogP contribution in [0, 0.1) is 0 Å². The van der Waals surface area contributed by atoms with Crippen LogP contribution in [0.4, 0.5) is 0 Å². The number of rotatable bonds is 4. The summed E-state index contributed by atoms with van der Waals surface area (Å²) in [6, 6.07) is 22.0. The molecule has 2 heteroatoms. The molecule has 0 aromatic heterocycles. The van der Waals surface area contributed by atoms with E-state index in [1.807, 2.05) is 36.4 Å². The molecule has 0 aliphatic carbocycles. The van der Waals surface area contributed by atoms with Crippen LogP contribution in [0.3, 0.4) is 0 Å². The number of Topliss-reactive ketones (excluding diaryl/α,β-unsaturated/α-hetero) is 1. The minimum atomic E-state index is 0.166. The molecule has 0 atom stereocenters. The van der Waals surface area contributed by atoms with Gasteiger partial charge in [-0.15, -0.1) is 11.8 Å². The average molecular weight is 292 g/mol. The smallest absolute Gasteiger partial charge is 0.167 e. The summed E-state index contributed by atoms with van der Waals surface area (Å²) in [5.74, 6) is 0.166.